The lowest BCUT2D eigenvalue weighted by atomic mass is 10.3. The molecule has 0 spiro atoms. The average Bonchev–Trinajstić information content (AvgIpc) is 2.30. The first kappa shape index (κ1) is 10.6. The molecule has 1 heterocycles. The Morgan fingerprint density at radius 1 is 1.19 bits per heavy atom. The molecule has 0 saturated carbocycles. The Bertz CT molecular complexity index is 539. The molecule has 0 aliphatic carbocycles. The van der Waals surface area contributed by atoms with Crippen LogP contribution in [0.5, 0.6) is 16.7 Å². The molecule has 1 aromatic heterocycles. The SMILES string of the molecule is COc1ccccc1Oc1nc(=O)ccs1. The van der Waals surface area contributed by atoms with Gasteiger partial charge in [-0.05, 0) is 12.1 Å². The number of methoxy groups -OCH3 is 1. The van der Waals surface area contributed by atoms with Gasteiger partial charge in [-0.2, -0.15) is 4.98 Å². The lowest BCUT2D eigenvalue weighted by Crippen LogP contribution is -2.02. The number of benzene rings is 1. The number of rotatable bonds is 3. The second kappa shape index (κ2) is 4.76. The molecule has 0 fully saturated rings. The summed E-state index contributed by atoms with van der Waals surface area (Å²) in [5.74, 6) is 1.15. The fourth-order valence-electron chi connectivity index (χ4n) is 1.15. The van der Waals surface area contributed by atoms with Crippen LogP contribution in [0.3, 0.4) is 0 Å². The first-order valence-corrected chi connectivity index (χ1v) is 5.44. The summed E-state index contributed by atoms with van der Waals surface area (Å²) >= 11 is 1.25. The molecule has 0 aliphatic rings. The third-order valence-corrected chi connectivity index (χ3v) is 2.50. The fraction of sp³-hybridized carbons (Fsp3) is 0.0909. The van der Waals surface area contributed by atoms with Gasteiger partial charge in [-0.3, -0.25) is 4.79 Å². The van der Waals surface area contributed by atoms with Crippen molar-refractivity contribution in [2.24, 2.45) is 0 Å². The molecule has 4 nitrogen and oxygen atoms in total. The van der Waals surface area contributed by atoms with Gasteiger partial charge in [0.1, 0.15) is 0 Å². The molecule has 0 radical (unpaired) electrons. The summed E-state index contributed by atoms with van der Waals surface area (Å²) in [6.07, 6.45) is 0. The van der Waals surface area contributed by atoms with Crippen LogP contribution in [-0.2, 0) is 0 Å². The summed E-state index contributed by atoms with van der Waals surface area (Å²) in [6, 6.07) is 8.58. The van der Waals surface area contributed by atoms with E-state index in [1.54, 1.807) is 24.6 Å². The van der Waals surface area contributed by atoms with Crippen molar-refractivity contribution in [2.45, 2.75) is 0 Å². The van der Waals surface area contributed by atoms with Crippen LogP contribution < -0.4 is 15.0 Å². The minimum atomic E-state index is -0.316. The highest BCUT2D eigenvalue weighted by molar-refractivity contribution is 7.11. The van der Waals surface area contributed by atoms with E-state index in [9.17, 15) is 4.79 Å². The molecule has 0 atom stereocenters. The van der Waals surface area contributed by atoms with Gasteiger partial charge in [0, 0.05) is 11.4 Å². The molecular formula is C11H9NO3S. The summed E-state index contributed by atoms with van der Waals surface area (Å²) < 4.78 is 10.6. The molecule has 2 rings (SSSR count). The Balaban J connectivity index is 2.30. The van der Waals surface area contributed by atoms with Gasteiger partial charge in [-0.15, -0.1) is 0 Å². The van der Waals surface area contributed by atoms with Gasteiger partial charge in [0.25, 0.3) is 10.8 Å². The van der Waals surface area contributed by atoms with Crippen molar-refractivity contribution in [3.63, 3.8) is 0 Å². The summed E-state index contributed by atoms with van der Waals surface area (Å²) in [4.78, 5) is 14.7. The number of nitrogens with zero attached hydrogens (tertiary/aromatic N) is 1. The standard InChI is InChI=1S/C11H9NO3S/c1-14-8-4-2-3-5-9(8)15-11-12-10(13)6-7-16-11/h2-7H,1H3. The Labute approximate surface area is 96.1 Å². The van der Waals surface area contributed by atoms with E-state index in [1.807, 2.05) is 12.1 Å². The summed E-state index contributed by atoms with van der Waals surface area (Å²) in [7, 11) is 1.56. The van der Waals surface area contributed by atoms with Gasteiger partial charge < -0.3 is 9.47 Å². The number of para-hydroxylation sites is 2. The second-order valence-electron chi connectivity index (χ2n) is 2.89. The maximum absolute atomic E-state index is 11.0. The van der Waals surface area contributed by atoms with Crippen molar-refractivity contribution < 1.29 is 9.47 Å². The van der Waals surface area contributed by atoms with Crippen molar-refractivity contribution in [1.29, 1.82) is 0 Å². The lowest BCUT2D eigenvalue weighted by molar-refractivity contribution is 0.377. The summed E-state index contributed by atoms with van der Waals surface area (Å²) in [5, 5.41) is 1.94. The van der Waals surface area contributed by atoms with Gasteiger partial charge in [-0.1, -0.05) is 23.5 Å². The highest BCUT2D eigenvalue weighted by atomic mass is 32.1. The molecule has 2 aromatic rings. The van der Waals surface area contributed by atoms with Gasteiger partial charge >= 0.3 is 0 Å². The summed E-state index contributed by atoms with van der Waals surface area (Å²) in [6.45, 7) is 0. The number of hydrogen-bond acceptors (Lipinski definition) is 5. The number of ether oxygens (including phenoxy) is 2. The predicted octanol–water partition coefficient (Wildman–Crippen LogP) is 2.30. The van der Waals surface area contributed by atoms with Crippen LogP contribution in [0.4, 0.5) is 0 Å². The van der Waals surface area contributed by atoms with E-state index in [0.717, 1.165) is 0 Å². The Hall–Kier alpha value is -1.88. The first-order valence-electron chi connectivity index (χ1n) is 4.56. The van der Waals surface area contributed by atoms with Gasteiger partial charge in [0.15, 0.2) is 11.5 Å². The van der Waals surface area contributed by atoms with E-state index >= 15 is 0 Å². The normalized spacial score (nSPS) is 9.81. The fourth-order valence-corrected chi connectivity index (χ4v) is 1.73. The van der Waals surface area contributed by atoms with Crippen molar-refractivity contribution in [3.8, 4) is 16.7 Å². The number of hydrogen-bond donors (Lipinski definition) is 0. The molecule has 0 aliphatic heterocycles. The van der Waals surface area contributed by atoms with E-state index in [-0.39, 0.29) is 5.56 Å². The number of aromatic nitrogens is 1. The third kappa shape index (κ3) is 2.38. The Morgan fingerprint density at radius 3 is 2.62 bits per heavy atom. The average molecular weight is 235 g/mol. The largest absolute Gasteiger partial charge is 0.493 e. The Kier molecular flexibility index (Phi) is 3.16. The molecule has 1 aromatic carbocycles. The zero-order valence-electron chi connectivity index (χ0n) is 8.54. The van der Waals surface area contributed by atoms with E-state index in [0.29, 0.717) is 16.7 Å². The molecule has 5 heteroatoms. The first-order chi connectivity index (χ1) is 7.79. The highest BCUT2D eigenvalue weighted by Gasteiger charge is 2.05. The molecular weight excluding hydrogens is 226 g/mol. The molecule has 0 bridgehead atoms. The predicted molar refractivity (Wildman–Crippen MR) is 61.5 cm³/mol. The van der Waals surface area contributed by atoms with E-state index in [1.165, 1.54) is 17.4 Å². The monoisotopic (exact) mass is 235 g/mol. The van der Waals surface area contributed by atoms with Crippen LogP contribution in [0.25, 0.3) is 0 Å². The van der Waals surface area contributed by atoms with Gasteiger partial charge in [0.05, 0.1) is 7.11 Å². The second-order valence-corrected chi connectivity index (χ2v) is 3.75. The smallest absolute Gasteiger partial charge is 0.282 e. The maximum atomic E-state index is 11.0. The highest BCUT2D eigenvalue weighted by Crippen LogP contribution is 2.30. The molecule has 0 N–H and O–H groups in total. The zero-order valence-corrected chi connectivity index (χ0v) is 9.36. The quantitative estimate of drug-likeness (QED) is 0.819. The topological polar surface area (TPSA) is 48.4 Å². The van der Waals surface area contributed by atoms with Gasteiger partial charge in [-0.25, -0.2) is 0 Å². The van der Waals surface area contributed by atoms with Crippen LogP contribution in [-0.4, -0.2) is 12.1 Å². The third-order valence-electron chi connectivity index (χ3n) is 1.85. The molecule has 16 heavy (non-hydrogen) atoms. The molecule has 0 saturated heterocycles. The minimum Gasteiger partial charge on any atom is -0.493 e. The van der Waals surface area contributed by atoms with Crippen LogP contribution in [0.15, 0.2) is 40.5 Å². The van der Waals surface area contributed by atoms with E-state index in [2.05, 4.69) is 4.98 Å². The van der Waals surface area contributed by atoms with Crippen LogP contribution in [0.1, 0.15) is 0 Å². The van der Waals surface area contributed by atoms with Crippen molar-refractivity contribution >= 4 is 11.3 Å². The Morgan fingerprint density at radius 2 is 1.94 bits per heavy atom. The molecule has 82 valence electrons. The maximum Gasteiger partial charge on any atom is 0.282 e. The molecule has 0 unspecified atom stereocenters. The van der Waals surface area contributed by atoms with Crippen LogP contribution in [0.2, 0.25) is 0 Å². The van der Waals surface area contributed by atoms with Crippen molar-refractivity contribution in [3.05, 3.63) is 46.1 Å². The van der Waals surface area contributed by atoms with Crippen LogP contribution in [0, 0.1) is 0 Å². The van der Waals surface area contributed by atoms with Crippen LogP contribution >= 0.6 is 11.3 Å². The summed E-state index contributed by atoms with van der Waals surface area (Å²) in [5.41, 5.74) is -0.316. The van der Waals surface area contributed by atoms with Crippen molar-refractivity contribution in [1.82, 2.24) is 4.98 Å². The lowest BCUT2D eigenvalue weighted by Gasteiger charge is -2.07. The van der Waals surface area contributed by atoms with E-state index < -0.39 is 0 Å². The molecule has 0 amide bonds. The zero-order chi connectivity index (χ0) is 11.4. The van der Waals surface area contributed by atoms with Crippen molar-refractivity contribution in [2.75, 3.05) is 7.11 Å². The van der Waals surface area contributed by atoms with Gasteiger partial charge in [0.2, 0.25) is 0 Å². The van der Waals surface area contributed by atoms with E-state index in [4.69, 9.17) is 9.47 Å². The minimum absolute atomic E-state index is 0.303.